The summed E-state index contributed by atoms with van der Waals surface area (Å²) < 4.78 is 1.97. The Labute approximate surface area is 106 Å². The van der Waals surface area contributed by atoms with Crippen molar-refractivity contribution in [1.82, 2.24) is 9.99 Å². The van der Waals surface area contributed by atoms with Gasteiger partial charge in [0.05, 0.1) is 11.3 Å². The minimum atomic E-state index is -0.277. The number of hydrogen-bond acceptors (Lipinski definition) is 2. The van der Waals surface area contributed by atoms with E-state index in [1.165, 1.54) is 11.1 Å². The summed E-state index contributed by atoms with van der Waals surface area (Å²) in [5, 5.41) is 0. The highest BCUT2D eigenvalue weighted by molar-refractivity contribution is 5.93. The third-order valence-electron chi connectivity index (χ3n) is 3.05. The number of rotatable bonds is 3. The van der Waals surface area contributed by atoms with Gasteiger partial charge in [-0.15, -0.1) is 0 Å². The first kappa shape index (κ1) is 12.4. The van der Waals surface area contributed by atoms with Crippen LogP contribution in [-0.2, 0) is 6.42 Å². The van der Waals surface area contributed by atoms with Crippen molar-refractivity contribution in [2.45, 2.75) is 20.3 Å². The van der Waals surface area contributed by atoms with E-state index in [1.807, 2.05) is 10.8 Å². The van der Waals surface area contributed by atoms with E-state index in [-0.39, 0.29) is 5.91 Å². The molecule has 94 valence electrons. The normalized spacial score (nSPS) is 10.4. The number of amides is 1. The zero-order chi connectivity index (χ0) is 13.1. The highest BCUT2D eigenvalue weighted by atomic mass is 16.2. The molecule has 1 amide bonds. The van der Waals surface area contributed by atoms with Crippen molar-refractivity contribution >= 4 is 5.91 Å². The number of aromatic nitrogens is 1. The van der Waals surface area contributed by atoms with Crippen LogP contribution in [0.1, 0.15) is 28.4 Å². The van der Waals surface area contributed by atoms with Crippen LogP contribution >= 0.6 is 0 Å². The number of carbonyl (C=O) groups excluding carboxylic acids is 1. The average molecular weight is 243 g/mol. The fourth-order valence-electron chi connectivity index (χ4n) is 2.13. The maximum atomic E-state index is 11.4. The quantitative estimate of drug-likeness (QED) is 0.492. The molecule has 0 unspecified atom stereocenters. The van der Waals surface area contributed by atoms with E-state index < -0.39 is 0 Å². The van der Waals surface area contributed by atoms with Crippen LogP contribution in [0.5, 0.6) is 0 Å². The van der Waals surface area contributed by atoms with Crippen LogP contribution in [0.2, 0.25) is 0 Å². The lowest BCUT2D eigenvalue weighted by atomic mass is 10.1. The maximum Gasteiger partial charge on any atom is 0.266 e. The fraction of sp³-hybridized carbons (Fsp3) is 0.214. The number of hydrogen-bond donors (Lipinski definition) is 2. The molecule has 0 fully saturated rings. The molecule has 0 bridgehead atoms. The molecule has 18 heavy (non-hydrogen) atoms. The van der Waals surface area contributed by atoms with Crippen LogP contribution in [-0.4, -0.2) is 10.5 Å². The summed E-state index contributed by atoms with van der Waals surface area (Å²) in [6.07, 6.45) is 4.63. The van der Waals surface area contributed by atoms with E-state index >= 15 is 0 Å². The molecular weight excluding hydrogens is 226 g/mol. The number of nitrogens with two attached hydrogens (primary N) is 1. The Morgan fingerprint density at radius 3 is 2.83 bits per heavy atom. The Bertz CT molecular complexity index is 572. The monoisotopic (exact) mass is 243 g/mol. The fourth-order valence-corrected chi connectivity index (χ4v) is 2.13. The number of nitrogens with zero attached hydrogens (tertiary/aromatic N) is 1. The first-order valence-electron chi connectivity index (χ1n) is 5.95. The molecule has 0 radical (unpaired) electrons. The second-order valence-electron chi connectivity index (χ2n) is 4.22. The first-order valence-corrected chi connectivity index (χ1v) is 5.95. The predicted molar refractivity (Wildman–Crippen MR) is 71.5 cm³/mol. The van der Waals surface area contributed by atoms with Crippen LogP contribution in [0.3, 0.4) is 0 Å². The summed E-state index contributed by atoms with van der Waals surface area (Å²) in [6, 6.07) is 7.98. The highest BCUT2D eigenvalue weighted by Gasteiger charge is 2.10. The van der Waals surface area contributed by atoms with Crippen LogP contribution in [0, 0.1) is 6.92 Å². The van der Waals surface area contributed by atoms with Gasteiger partial charge in [-0.25, -0.2) is 5.84 Å². The standard InChI is InChI=1S/C14H17N3O/c1-3-11-6-4-5-10(2)13(11)17-8-7-12(9-17)14(18)16-15/h4-9H,3,15H2,1-2H3,(H,16,18). The number of para-hydroxylation sites is 1. The van der Waals surface area contributed by atoms with Crippen LogP contribution in [0.25, 0.3) is 5.69 Å². The van der Waals surface area contributed by atoms with Crippen molar-refractivity contribution in [3.8, 4) is 5.69 Å². The van der Waals surface area contributed by atoms with Crippen LogP contribution in [0.4, 0.5) is 0 Å². The molecule has 4 heteroatoms. The lowest BCUT2D eigenvalue weighted by molar-refractivity contribution is 0.0953. The van der Waals surface area contributed by atoms with E-state index in [2.05, 4.69) is 37.5 Å². The Balaban J connectivity index is 2.49. The lowest BCUT2D eigenvalue weighted by Crippen LogP contribution is -2.29. The lowest BCUT2D eigenvalue weighted by Gasteiger charge is -2.12. The zero-order valence-electron chi connectivity index (χ0n) is 10.6. The molecule has 0 spiro atoms. The summed E-state index contributed by atoms with van der Waals surface area (Å²) in [5.41, 5.74) is 6.27. The Morgan fingerprint density at radius 2 is 2.17 bits per heavy atom. The molecule has 4 nitrogen and oxygen atoms in total. The number of carbonyl (C=O) groups is 1. The van der Waals surface area contributed by atoms with E-state index in [9.17, 15) is 4.79 Å². The maximum absolute atomic E-state index is 11.4. The second-order valence-corrected chi connectivity index (χ2v) is 4.22. The molecular formula is C14H17N3O. The molecule has 0 aliphatic carbocycles. The third kappa shape index (κ3) is 2.15. The summed E-state index contributed by atoms with van der Waals surface area (Å²) >= 11 is 0. The van der Waals surface area contributed by atoms with Gasteiger partial charge in [-0.1, -0.05) is 25.1 Å². The van der Waals surface area contributed by atoms with Gasteiger partial charge in [-0.3, -0.25) is 10.2 Å². The predicted octanol–water partition coefficient (Wildman–Crippen LogP) is 1.95. The molecule has 0 atom stereocenters. The van der Waals surface area contributed by atoms with Gasteiger partial charge in [0.2, 0.25) is 0 Å². The van der Waals surface area contributed by atoms with Crippen molar-refractivity contribution in [3.63, 3.8) is 0 Å². The Kier molecular flexibility index (Phi) is 3.48. The number of benzene rings is 1. The van der Waals surface area contributed by atoms with Crippen molar-refractivity contribution in [2.24, 2.45) is 5.84 Å². The zero-order valence-corrected chi connectivity index (χ0v) is 10.6. The minimum absolute atomic E-state index is 0.277. The molecule has 1 aromatic carbocycles. The highest BCUT2D eigenvalue weighted by Crippen LogP contribution is 2.21. The van der Waals surface area contributed by atoms with E-state index in [4.69, 9.17) is 5.84 Å². The van der Waals surface area contributed by atoms with Gasteiger partial charge in [0.1, 0.15) is 0 Å². The van der Waals surface area contributed by atoms with E-state index in [0.29, 0.717) is 5.56 Å². The van der Waals surface area contributed by atoms with Gasteiger partial charge in [-0.2, -0.15) is 0 Å². The number of nitrogen functional groups attached to an aromatic ring is 1. The van der Waals surface area contributed by atoms with Crippen LogP contribution in [0.15, 0.2) is 36.7 Å². The van der Waals surface area contributed by atoms with Gasteiger partial charge < -0.3 is 4.57 Å². The Hall–Kier alpha value is -2.07. The third-order valence-corrected chi connectivity index (χ3v) is 3.05. The number of aryl methyl sites for hydroxylation is 2. The van der Waals surface area contributed by atoms with Gasteiger partial charge in [0, 0.05) is 12.4 Å². The van der Waals surface area contributed by atoms with Crippen molar-refractivity contribution < 1.29 is 4.79 Å². The topological polar surface area (TPSA) is 60.0 Å². The average Bonchev–Trinajstić information content (AvgIpc) is 2.86. The summed E-state index contributed by atoms with van der Waals surface area (Å²) in [5.74, 6) is 4.85. The van der Waals surface area contributed by atoms with Gasteiger partial charge in [-0.05, 0) is 30.5 Å². The summed E-state index contributed by atoms with van der Waals surface area (Å²) in [4.78, 5) is 11.4. The van der Waals surface area contributed by atoms with Crippen molar-refractivity contribution in [1.29, 1.82) is 0 Å². The molecule has 0 aliphatic rings. The molecule has 1 aromatic heterocycles. The first-order chi connectivity index (χ1) is 8.67. The molecule has 0 aliphatic heterocycles. The van der Waals surface area contributed by atoms with Crippen molar-refractivity contribution in [2.75, 3.05) is 0 Å². The van der Waals surface area contributed by atoms with Gasteiger partial charge >= 0.3 is 0 Å². The van der Waals surface area contributed by atoms with Crippen molar-refractivity contribution in [3.05, 3.63) is 53.3 Å². The molecule has 2 aromatic rings. The SMILES string of the molecule is CCc1cccc(C)c1-n1ccc(C(=O)NN)c1. The van der Waals surface area contributed by atoms with E-state index in [1.54, 1.807) is 12.3 Å². The van der Waals surface area contributed by atoms with Crippen LogP contribution < -0.4 is 11.3 Å². The van der Waals surface area contributed by atoms with E-state index in [0.717, 1.165) is 12.1 Å². The summed E-state index contributed by atoms with van der Waals surface area (Å²) in [7, 11) is 0. The molecule has 2 rings (SSSR count). The molecule has 3 N–H and O–H groups in total. The molecule has 0 saturated carbocycles. The smallest absolute Gasteiger partial charge is 0.266 e. The Morgan fingerprint density at radius 1 is 1.39 bits per heavy atom. The summed E-state index contributed by atoms with van der Waals surface area (Å²) in [6.45, 7) is 4.19. The van der Waals surface area contributed by atoms with Gasteiger partial charge in [0.15, 0.2) is 0 Å². The van der Waals surface area contributed by atoms with Gasteiger partial charge in [0.25, 0.3) is 5.91 Å². The molecule has 1 heterocycles. The largest absolute Gasteiger partial charge is 0.323 e. The minimum Gasteiger partial charge on any atom is -0.323 e. The second kappa shape index (κ2) is 5.06. The number of hydrazine groups is 1. The number of nitrogens with one attached hydrogen (secondary N) is 1. The molecule has 0 saturated heterocycles.